The van der Waals surface area contributed by atoms with E-state index < -0.39 is 5.97 Å². The number of rotatable bonds is 5. The van der Waals surface area contributed by atoms with E-state index in [0.717, 1.165) is 22.6 Å². The van der Waals surface area contributed by atoms with Gasteiger partial charge in [0, 0.05) is 23.2 Å². The molecule has 0 saturated heterocycles. The maximum Gasteiger partial charge on any atom is 0.325 e. The van der Waals surface area contributed by atoms with Crippen LogP contribution >= 0.6 is 0 Å². The summed E-state index contributed by atoms with van der Waals surface area (Å²) in [7, 11) is 1.28. The second-order valence-corrected chi connectivity index (χ2v) is 5.62. The van der Waals surface area contributed by atoms with E-state index in [2.05, 4.69) is 45.8 Å². The van der Waals surface area contributed by atoms with Gasteiger partial charge in [-0.1, -0.05) is 17.7 Å². The van der Waals surface area contributed by atoms with Crippen molar-refractivity contribution in [3.63, 3.8) is 0 Å². The summed E-state index contributed by atoms with van der Waals surface area (Å²) in [5.74, 6) is -0.810. The summed E-state index contributed by atoms with van der Waals surface area (Å²) in [5, 5.41) is 2.48. The Balaban J connectivity index is 2.16. The monoisotopic (exact) mass is 326 g/mol. The molecule has 126 valence electrons. The number of esters is 1. The average molecular weight is 326 g/mol. The fourth-order valence-corrected chi connectivity index (χ4v) is 2.50. The molecule has 5 nitrogen and oxygen atoms in total. The first-order valence-electron chi connectivity index (χ1n) is 7.71. The van der Waals surface area contributed by atoms with E-state index >= 15 is 0 Å². The SMILES string of the molecule is COC(=O)CNC(=O)/C=C/c1cc(C)n(-c2ccc(C)cc2)c1C. The van der Waals surface area contributed by atoms with E-state index in [1.165, 1.54) is 18.7 Å². The van der Waals surface area contributed by atoms with Gasteiger partial charge in [-0.15, -0.1) is 0 Å². The van der Waals surface area contributed by atoms with Crippen molar-refractivity contribution in [2.45, 2.75) is 20.8 Å². The third-order valence-corrected chi connectivity index (χ3v) is 3.81. The van der Waals surface area contributed by atoms with Gasteiger partial charge in [0.15, 0.2) is 0 Å². The number of carbonyl (C=O) groups excluding carboxylic acids is 2. The van der Waals surface area contributed by atoms with Gasteiger partial charge in [-0.3, -0.25) is 9.59 Å². The minimum atomic E-state index is -0.478. The highest BCUT2D eigenvalue weighted by atomic mass is 16.5. The van der Waals surface area contributed by atoms with Gasteiger partial charge < -0.3 is 14.6 Å². The summed E-state index contributed by atoms with van der Waals surface area (Å²) in [6.07, 6.45) is 3.17. The Morgan fingerprint density at radius 2 is 1.83 bits per heavy atom. The van der Waals surface area contributed by atoms with Gasteiger partial charge in [0.05, 0.1) is 7.11 Å². The summed E-state index contributed by atoms with van der Waals surface area (Å²) in [6.45, 7) is 5.96. The van der Waals surface area contributed by atoms with E-state index in [0.29, 0.717) is 0 Å². The van der Waals surface area contributed by atoms with Crippen LogP contribution in [0.1, 0.15) is 22.5 Å². The van der Waals surface area contributed by atoms with Crippen molar-refractivity contribution in [1.82, 2.24) is 9.88 Å². The van der Waals surface area contributed by atoms with Crippen LogP contribution in [0.5, 0.6) is 0 Å². The molecule has 2 aromatic rings. The number of nitrogens with one attached hydrogen (secondary N) is 1. The van der Waals surface area contributed by atoms with E-state index in [9.17, 15) is 9.59 Å². The summed E-state index contributed by atoms with van der Waals surface area (Å²) < 4.78 is 6.62. The highest BCUT2D eigenvalue weighted by Crippen LogP contribution is 2.22. The predicted octanol–water partition coefficient (Wildman–Crippen LogP) is 2.70. The van der Waals surface area contributed by atoms with Crippen molar-refractivity contribution >= 4 is 18.0 Å². The lowest BCUT2D eigenvalue weighted by Crippen LogP contribution is -2.28. The van der Waals surface area contributed by atoms with Gasteiger partial charge in [-0.25, -0.2) is 0 Å². The Morgan fingerprint density at radius 3 is 2.46 bits per heavy atom. The Kier molecular flexibility index (Phi) is 5.58. The summed E-state index contributed by atoms with van der Waals surface area (Å²) in [6, 6.07) is 10.3. The molecule has 0 radical (unpaired) electrons. The molecule has 0 bridgehead atoms. The normalized spacial score (nSPS) is 10.8. The first-order valence-corrected chi connectivity index (χ1v) is 7.71. The molecule has 1 aromatic heterocycles. The minimum Gasteiger partial charge on any atom is -0.468 e. The molecule has 0 unspecified atom stereocenters. The molecule has 1 N–H and O–H groups in total. The molecular weight excluding hydrogens is 304 g/mol. The van der Waals surface area contributed by atoms with Crippen molar-refractivity contribution in [3.05, 3.63) is 58.9 Å². The Hall–Kier alpha value is -2.82. The molecular formula is C19H22N2O3. The number of hydrogen-bond acceptors (Lipinski definition) is 3. The largest absolute Gasteiger partial charge is 0.468 e. The third-order valence-electron chi connectivity index (χ3n) is 3.81. The van der Waals surface area contributed by atoms with E-state index in [-0.39, 0.29) is 12.5 Å². The number of aryl methyl sites for hydroxylation is 2. The first-order chi connectivity index (χ1) is 11.4. The van der Waals surface area contributed by atoms with Crippen LogP contribution in [0.25, 0.3) is 11.8 Å². The number of methoxy groups -OCH3 is 1. The quantitative estimate of drug-likeness (QED) is 0.679. The third kappa shape index (κ3) is 4.13. The zero-order chi connectivity index (χ0) is 17.7. The lowest BCUT2D eigenvalue weighted by atomic mass is 10.2. The highest BCUT2D eigenvalue weighted by molar-refractivity contribution is 5.93. The molecule has 5 heteroatoms. The number of amides is 1. The average Bonchev–Trinajstić information content (AvgIpc) is 2.85. The van der Waals surface area contributed by atoms with Crippen LogP contribution in [-0.2, 0) is 14.3 Å². The van der Waals surface area contributed by atoms with Crippen LogP contribution < -0.4 is 5.32 Å². The molecule has 1 heterocycles. The Morgan fingerprint density at radius 1 is 1.17 bits per heavy atom. The molecule has 0 saturated carbocycles. The van der Waals surface area contributed by atoms with Gasteiger partial charge in [0.1, 0.15) is 6.54 Å². The number of nitrogens with zero attached hydrogens (tertiary/aromatic N) is 1. The zero-order valence-electron chi connectivity index (χ0n) is 14.4. The lowest BCUT2D eigenvalue weighted by Gasteiger charge is -2.09. The first kappa shape index (κ1) is 17.5. The topological polar surface area (TPSA) is 60.3 Å². The predicted molar refractivity (Wildman–Crippen MR) is 94.0 cm³/mol. The van der Waals surface area contributed by atoms with Crippen LogP contribution in [0.15, 0.2) is 36.4 Å². The molecule has 0 spiro atoms. The van der Waals surface area contributed by atoms with Crippen molar-refractivity contribution in [2.24, 2.45) is 0 Å². The van der Waals surface area contributed by atoms with Gasteiger partial charge in [0.2, 0.25) is 5.91 Å². The van der Waals surface area contributed by atoms with Crippen LogP contribution in [0, 0.1) is 20.8 Å². The zero-order valence-corrected chi connectivity index (χ0v) is 14.4. The molecule has 2 rings (SSSR count). The standard InChI is InChI=1S/C19H22N2O3/c1-13-5-8-17(9-6-13)21-14(2)11-16(15(21)3)7-10-18(22)20-12-19(23)24-4/h5-11H,12H2,1-4H3,(H,20,22)/b10-7+. The number of hydrogen-bond donors (Lipinski definition) is 1. The van der Waals surface area contributed by atoms with Gasteiger partial charge in [-0.05, 0) is 50.6 Å². The molecule has 1 aromatic carbocycles. The van der Waals surface area contributed by atoms with Crippen molar-refractivity contribution in [1.29, 1.82) is 0 Å². The highest BCUT2D eigenvalue weighted by Gasteiger charge is 2.09. The van der Waals surface area contributed by atoms with E-state index in [1.54, 1.807) is 6.08 Å². The van der Waals surface area contributed by atoms with Crippen LogP contribution in [0.2, 0.25) is 0 Å². The fraction of sp³-hybridized carbons (Fsp3) is 0.263. The lowest BCUT2D eigenvalue weighted by molar-refractivity contribution is -0.140. The maximum atomic E-state index is 11.7. The van der Waals surface area contributed by atoms with Crippen LogP contribution in [-0.4, -0.2) is 30.1 Å². The number of benzene rings is 1. The van der Waals surface area contributed by atoms with Crippen LogP contribution in [0.4, 0.5) is 0 Å². The second-order valence-electron chi connectivity index (χ2n) is 5.62. The molecule has 24 heavy (non-hydrogen) atoms. The molecule has 0 fully saturated rings. The summed E-state index contributed by atoms with van der Waals surface area (Å²) >= 11 is 0. The molecule has 0 aliphatic heterocycles. The summed E-state index contributed by atoms with van der Waals surface area (Å²) in [5.41, 5.74) is 5.40. The van der Waals surface area contributed by atoms with Gasteiger partial charge in [0.25, 0.3) is 0 Å². The maximum absolute atomic E-state index is 11.7. The minimum absolute atomic E-state index is 0.137. The van der Waals surface area contributed by atoms with Crippen molar-refractivity contribution in [2.75, 3.05) is 13.7 Å². The van der Waals surface area contributed by atoms with Crippen molar-refractivity contribution in [3.8, 4) is 5.69 Å². The number of ether oxygens (including phenoxy) is 1. The Bertz CT molecular complexity index is 771. The fourth-order valence-electron chi connectivity index (χ4n) is 2.50. The van der Waals surface area contributed by atoms with Crippen LogP contribution in [0.3, 0.4) is 0 Å². The smallest absolute Gasteiger partial charge is 0.325 e. The number of carbonyl (C=O) groups is 2. The van der Waals surface area contributed by atoms with Gasteiger partial charge in [-0.2, -0.15) is 0 Å². The Labute approximate surface area is 141 Å². The van der Waals surface area contributed by atoms with E-state index in [1.807, 2.05) is 19.9 Å². The van der Waals surface area contributed by atoms with Crippen molar-refractivity contribution < 1.29 is 14.3 Å². The molecule has 0 aliphatic rings. The molecule has 0 atom stereocenters. The summed E-state index contributed by atoms with van der Waals surface area (Å²) in [4.78, 5) is 22.7. The second kappa shape index (κ2) is 7.64. The number of aromatic nitrogens is 1. The van der Waals surface area contributed by atoms with Gasteiger partial charge >= 0.3 is 5.97 Å². The molecule has 1 amide bonds. The molecule has 0 aliphatic carbocycles. The van der Waals surface area contributed by atoms with E-state index in [4.69, 9.17) is 0 Å².